The molecule has 0 bridgehead atoms. The van der Waals surface area contributed by atoms with E-state index < -0.39 is 13.9 Å². The molecule has 0 aliphatic rings. The number of hydrogen-bond donors (Lipinski definition) is 2. The van der Waals surface area contributed by atoms with Crippen molar-refractivity contribution in [2.45, 2.75) is 20.0 Å². The Morgan fingerprint density at radius 2 is 2.00 bits per heavy atom. The molecule has 0 aromatic heterocycles. The largest absolute Gasteiger partial charge is 0.496 e. The minimum atomic E-state index is -4.63. The fourth-order valence-corrected chi connectivity index (χ4v) is 0.430. The van der Waals surface area contributed by atoms with Gasteiger partial charge in [-0.15, -0.1) is 4.67 Å². The van der Waals surface area contributed by atoms with Crippen molar-refractivity contribution in [3.05, 3.63) is 0 Å². The summed E-state index contributed by atoms with van der Waals surface area (Å²) in [4.78, 5) is 30.7. The van der Waals surface area contributed by atoms with Gasteiger partial charge in [0.25, 0.3) is 0 Å². The van der Waals surface area contributed by atoms with Crippen molar-refractivity contribution in [3.8, 4) is 0 Å². The van der Waals surface area contributed by atoms with Crippen LogP contribution in [0, 0.1) is 0 Å². The van der Waals surface area contributed by atoms with Crippen molar-refractivity contribution in [2.24, 2.45) is 0 Å². The van der Waals surface area contributed by atoms with Gasteiger partial charge >= 0.3 is 7.82 Å². The van der Waals surface area contributed by atoms with Crippen molar-refractivity contribution in [1.29, 1.82) is 0 Å². The highest BCUT2D eigenvalue weighted by Gasteiger charge is 2.19. The molecule has 11 heavy (non-hydrogen) atoms. The summed E-state index contributed by atoms with van der Waals surface area (Å²) < 4.78 is 13.6. The zero-order valence-corrected chi connectivity index (χ0v) is 6.95. The second kappa shape index (κ2) is 3.94. The molecule has 0 aliphatic carbocycles. The highest BCUT2D eigenvalue weighted by atomic mass is 31.2. The van der Waals surface area contributed by atoms with Crippen LogP contribution in [0.4, 0.5) is 0 Å². The highest BCUT2D eigenvalue weighted by Crippen LogP contribution is 2.36. The van der Waals surface area contributed by atoms with Crippen LogP contribution in [0.3, 0.4) is 0 Å². The SMILES string of the molecule is CC(=O)C(C)OOP(=O)(O)O. The number of phosphoric acid groups is 1. The average Bonchev–Trinajstić information content (AvgIpc) is 1.80. The van der Waals surface area contributed by atoms with E-state index in [-0.39, 0.29) is 5.78 Å². The summed E-state index contributed by atoms with van der Waals surface area (Å²) in [6, 6.07) is 0. The van der Waals surface area contributed by atoms with E-state index in [1.165, 1.54) is 13.8 Å². The number of carbonyl (C=O) groups excluding carboxylic acids is 1. The molecule has 0 saturated heterocycles. The molecule has 0 aliphatic heterocycles. The first-order valence-electron chi connectivity index (χ1n) is 2.74. The lowest BCUT2D eigenvalue weighted by atomic mass is 10.3. The van der Waals surface area contributed by atoms with E-state index in [1.54, 1.807) is 0 Å². The summed E-state index contributed by atoms with van der Waals surface area (Å²) in [6.07, 6.45) is -0.970. The number of ketones is 1. The van der Waals surface area contributed by atoms with Gasteiger partial charge in [0, 0.05) is 0 Å². The summed E-state index contributed by atoms with van der Waals surface area (Å²) >= 11 is 0. The minimum Gasteiger partial charge on any atom is -0.301 e. The lowest BCUT2D eigenvalue weighted by Gasteiger charge is -2.07. The summed E-state index contributed by atoms with van der Waals surface area (Å²) in [6.45, 7) is 2.53. The second-order valence-corrected chi connectivity index (χ2v) is 3.04. The standard InChI is InChI=1S/C4H9O6P/c1-3(5)4(2)9-10-11(6,7)8/h4H,1-2H3,(H2,6,7,8). The van der Waals surface area contributed by atoms with Gasteiger partial charge in [-0.2, -0.15) is 0 Å². The summed E-state index contributed by atoms with van der Waals surface area (Å²) in [5.41, 5.74) is 0. The molecule has 6 nitrogen and oxygen atoms in total. The Hall–Kier alpha value is -0.260. The third-order valence-corrected chi connectivity index (χ3v) is 1.14. The van der Waals surface area contributed by atoms with E-state index in [0.717, 1.165) is 0 Å². The molecule has 0 spiro atoms. The van der Waals surface area contributed by atoms with Crippen LogP contribution >= 0.6 is 7.82 Å². The zero-order chi connectivity index (χ0) is 9.07. The van der Waals surface area contributed by atoms with E-state index >= 15 is 0 Å². The van der Waals surface area contributed by atoms with Gasteiger partial charge in [0.1, 0.15) is 6.10 Å². The second-order valence-electron chi connectivity index (χ2n) is 1.91. The van der Waals surface area contributed by atoms with Gasteiger partial charge in [-0.05, 0) is 13.8 Å². The Bertz CT molecular complexity index is 183. The van der Waals surface area contributed by atoms with Crippen molar-refractivity contribution in [2.75, 3.05) is 0 Å². The number of Topliss-reactive ketones (excluding diaryl/α,β-unsaturated/α-hetero) is 1. The Balaban J connectivity index is 3.72. The predicted molar refractivity (Wildman–Crippen MR) is 34.4 cm³/mol. The van der Waals surface area contributed by atoms with Crippen LogP contribution in [0.2, 0.25) is 0 Å². The first kappa shape index (κ1) is 10.7. The first-order valence-corrected chi connectivity index (χ1v) is 4.27. The number of carbonyl (C=O) groups is 1. The van der Waals surface area contributed by atoms with E-state index in [2.05, 4.69) is 9.56 Å². The molecule has 0 amide bonds. The molecule has 1 unspecified atom stereocenters. The molecule has 0 saturated carbocycles. The zero-order valence-electron chi connectivity index (χ0n) is 6.05. The fourth-order valence-electron chi connectivity index (χ4n) is 0.188. The van der Waals surface area contributed by atoms with E-state index in [0.29, 0.717) is 0 Å². The summed E-state index contributed by atoms with van der Waals surface area (Å²) in [5, 5.41) is 0. The van der Waals surface area contributed by atoms with E-state index in [9.17, 15) is 9.36 Å². The van der Waals surface area contributed by atoms with Crippen LogP contribution in [-0.4, -0.2) is 21.7 Å². The molecular formula is C4H9O6P. The number of hydrogen-bond acceptors (Lipinski definition) is 4. The Morgan fingerprint density at radius 1 is 1.55 bits per heavy atom. The van der Waals surface area contributed by atoms with Crippen LogP contribution in [0.25, 0.3) is 0 Å². The van der Waals surface area contributed by atoms with Crippen LogP contribution < -0.4 is 0 Å². The average molecular weight is 184 g/mol. The smallest absolute Gasteiger partial charge is 0.301 e. The third-order valence-electron chi connectivity index (χ3n) is 0.857. The Labute approximate surface area is 63.3 Å². The molecule has 0 heterocycles. The number of rotatable bonds is 4. The predicted octanol–water partition coefficient (Wildman–Crippen LogP) is 0.00480. The van der Waals surface area contributed by atoms with Crippen LogP contribution in [0.1, 0.15) is 13.8 Å². The van der Waals surface area contributed by atoms with E-state index in [4.69, 9.17) is 9.79 Å². The van der Waals surface area contributed by atoms with Gasteiger partial charge in [-0.3, -0.25) is 4.79 Å². The minimum absolute atomic E-state index is 0.376. The van der Waals surface area contributed by atoms with Gasteiger partial charge in [0.05, 0.1) is 0 Å². The van der Waals surface area contributed by atoms with Gasteiger partial charge < -0.3 is 9.79 Å². The molecule has 1 atom stereocenters. The molecule has 0 aromatic carbocycles. The lowest BCUT2D eigenvalue weighted by Crippen LogP contribution is -2.16. The van der Waals surface area contributed by atoms with Crippen molar-refractivity contribution >= 4 is 13.6 Å². The van der Waals surface area contributed by atoms with Gasteiger partial charge in [-0.25, -0.2) is 9.45 Å². The summed E-state index contributed by atoms with van der Waals surface area (Å²) in [5.74, 6) is -0.376. The first-order chi connectivity index (χ1) is 4.83. The van der Waals surface area contributed by atoms with Gasteiger partial charge in [-0.1, -0.05) is 0 Å². The van der Waals surface area contributed by atoms with Crippen molar-refractivity contribution in [1.82, 2.24) is 0 Å². The third kappa shape index (κ3) is 6.15. The molecule has 2 N–H and O–H groups in total. The normalized spacial score (nSPS) is 14.5. The summed E-state index contributed by atoms with van der Waals surface area (Å²) in [7, 11) is -4.63. The molecule has 0 radical (unpaired) electrons. The van der Waals surface area contributed by atoms with Crippen molar-refractivity contribution in [3.63, 3.8) is 0 Å². The van der Waals surface area contributed by atoms with Crippen LogP contribution in [0.5, 0.6) is 0 Å². The Morgan fingerprint density at radius 3 is 2.27 bits per heavy atom. The van der Waals surface area contributed by atoms with Gasteiger partial charge in [0.2, 0.25) is 0 Å². The van der Waals surface area contributed by atoms with Crippen LogP contribution in [0.15, 0.2) is 0 Å². The molecule has 0 fully saturated rings. The van der Waals surface area contributed by atoms with Gasteiger partial charge in [0.15, 0.2) is 5.78 Å². The molecule has 66 valence electrons. The maximum absolute atomic E-state index is 10.4. The monoisotopic (exact) mass is 184 g/mol. The topological polar surface area (TPSA) is 93.1 Å². The van der Waals surface area contributed by atoms with E-state index in [1.807, 2.05) is 0 Å². The molecule has 0 rings (SSSR count). The van der Waals surface area contributed by atoms with Crippen molar-refractivity contribution < 1.29 is 28.7 Å². The quantitative estimate of drug-likeness (QED) is 0.363. The lowest BCUT2D eigenvalue weighted by molar-refractivity contribution is -0.246. The molecule has 7 heteroatoms. The molecular weight excluding hydrogens is 175 g/mol. The van der Waals surface area contributed by atoms with Crippen LogP contribution in [-0.2, 0) is 18.9 Å². The Kier molecular flexibility index (Phi) is 3.85. The highest BCUT2D eigenvalue weighted by molar-refractivity contribution is 7.46. The molecule has 0 aromatic rings. The maximum atomic E-state index is 10.4. The maximum Gasteiger partial charge on any atom is 0.496 e. The fraction of sp³-hybridized carbons (Fsp3) is 0.750.